The molecule has 0 saturated heterocycles. The zero-order valence-corrected chi connectivity index (χ0v) is 17.7. The SMILES string of the molecule is CCOc1cc([C@H]2C(C#N)=C(N)Oc3n[nH]c(C)c32)ccc1OCc1ccccc1C#N. The Kier molecular flexibility index (Phi) is 5.69. The Labute approximate surface area is 185 Å². The number of nitrogens with one attached hydrogen (secondary N) is 1. The van der Waals surface area contributed by atoms with Crippen molar-refractivity contribution in [2.75, 3.05) is 6.61 Å². The van der Waals surface area contributed by atoms with Gasteiger partial charge < -0.3 is 19.9 Å². The molecule has 0 saturated carbocycles. The van der Waals surface area contributed by atoms with Crippen molar-refractivity contribution >= 4 is 0 Å². The van der Waals surface area contributed by atoms with Crippen LogP contribution in [0.5, 0.6) is 17.4 Å². The molecule has 160 valence electrons. The van der Waals surface area contributed by atoms with Crippen LogP contribution in [-0.4, -0.2) is 16.8 Å². The second-order valence-corrected chi connectivity index (χ2v) is 7.19. The van der Waals surface area contributed by atoms with Gasteiger partial charge in [-0.3, -0.25) is 5.10 Å². The molecule has 8 heteroatoms. The first kappa shape index (κ1) is 20.8. The number of nitrogens with zero attached hydrogens (tertiary/aromatic N) is 3. The van der Waals surface area contributed by atoms with E-state index < -0.39 is 5.92 Å². The molecule has 4 rings (SSSR count). The average molecular weight is 427 g/mol. The van der Waals surface area contributed by atoms with Crippen molar-refractivity contribution in [2.24, 2.45) is 5.73 Å². The predicted molar refractivity (Wildman–Crippen MR) is 116 cm³/mol. The molecule has 3 aromatic rings. The number of benzene rings is 2. The van der Waals surface area contributed by atoms with Crippen LogP contribution in [0.4, 0.5) is 0 Å². The number of allylic oxidation sites excluding steroid dienone is 1. The van der Waals surface area contributed by atoms with Gasteiger partial charge in [0.2, 0.25) is 11.8 Å². The Morgan fingerprint density at radius 2 is 1.94 bits per heavy atom. The first-order valence-corrected chi connectivity index (χ1v) is 10.1. The number of hydrogen-bond acceptors (Lipinski definition) is 7. The Balaban J connectivity index is 1.71. The maximum Gasteiger partial charge on any atom is 0.244 e. The van der Waals surface area contributed by atoms with Crippen LogP contribution in [0.25, 0.3) is 0 Å². The van der Waals surface area contributed by atoms with Gasteiger partial charge in [0.15, 0.2) is 11.5 Å². The van der Waals surface area contributed by atoms with Gasteiger partial charge in [0.1, 0.15) is 18.2 Å². The van der Waals surface area contributed by atoms with Crippen molar-refractivity contribution in [3.8, 4) is 29.5 Å². The summed E-state index contributed by atoms with van der Waals surface area (Å²) in [6, 6.07) is 17.1. The maximum absolute atomic E-state index is 9.75. The number of hydrogen-bond donors (Lipinski definition) is 2. The van der Waals surface area contributed by atoms with Gasteiger partial charge in [0, 0.05) is 16.8 Å². The van der Waals surface area contributed by atoms with E-state index in [1.54, 1.807) is 12.1 Å². The number of aromatic amines is 1. The van der Waals surface area contributed by atoms with E-state index in [2.05, 4.69) is 22.3 Å². The molecule has 0 bridgehead atoms. The molecule has 0 fully saturated rings. The molecular formula is C24H21N5O3. The number of nitrogens with two attached hydrogens (primary N) is 1. The van der Waals surface area contributed by atoms with E-state index in [0.29, 0.717) is 35.1 Å². The molecule has 0 amide bonds. The fourth-order valence-corrected chi connectivity index (χ4v) is 3.73. The van der Waals surface area contributed by atoms with E-state index >= 15 is 0 Å². The molecule has 0 spiro atoms. The molecule has 2 aromatic carbocycles. The third-order valence-corrected chi connectivity index (χ3v) is 5.25. The molecule has 1 atom stereocenters. The maximum atomic E-state index is 9.75. The number of H-pyrrole nitrogens is 1. The van der Waals surface area contributed by atoms with Crippen molar-refractivity contribution in [3.63, 3.8) is 0 Å². The van der Waals surface area contributed by atoms with Crippen molar-refractivity contribution < 1.29 is 14.2 Å². The molecule has 3 N–H and O–H groups in total. The van der Waals surface area contributed by atoms with E-state index in [-0.39, 0.29) is 12.5 Å². The van der Waals surface area contributed by atoms with Gasteiger partial charge in [-0.05, 0) is 37.6 Å². The van der Waals surface area contributed by atoms with E-state index in [4.69, 9.17) is 19.9 Å². The molecule has 2 heterocycles. The standard InChI is InChI=1S/C24H21N5O3/c1-3-30-20-10-15(8-9-19(20)31-13-17-7-5-4-6-16(17)11-25)22-18(12-26)23(27)32-24-21(22)14(2)28-29-24/h4-10,22H,3,13,27H2,1-2H3,(H,28,29)/t22-/m0/s1. The summed E-state index contributed by atoms with van der Waals surface area (Å²) < 4.78 is 17.4. The van der Waals surface area contributed by atoms with E-state index in [1.807, 2.05) is 44.2 Å². The van der Waals surface area contributed by atoms with Gasteiger partial charge in [0.05, 0.1) is 24.2 Å². The van der Waals surface area contributed by atoms with Gasteiger partial charge in [-0.1, -0.05) is 24.3 Å². The summed E-state index contributed by atoms with van der Waals surface area (Å²) in [5.74, 6) is 1.01. The normalized spacial score (nSPS) is 14.7. The molecule has 0 radical (unpaired) electrons. The largest absolute Gasteiger partial charge is 0.490 e. The number of aromatic nitrogens is 2. The molecular weight excluding hydrogens is 406 g/mol. The van der Waals surface area contributed by atoms with Gasteiger partial charge in [0.25, 0.3) is 0 Å². The zero-order valence-electron chi connectivity index (χ0n) is 17.7. The van der Waals surface area contributed by atoms with Gasteiger partial charge in [-0.2, -0.15) is 10.5 Å². The second kappa shape index (κ2) is 8.75. The van der Waals surface area contributed by atoms with Crippen LogP contribution in [0.3, 0.4) is 0 Å². The van der Waals surface area contributed by atoms with Crippen LogP contribution in [0.1, 0.15) is 40.8 Å². The van der Waals surface area contributed by atoms with E-state index in [0.717, 1.165) is 22.4 Å². The second-order valence-electron chi connectivity index (χ2n) is 7.19. The Morgan fingerprint density at radius 3 is 2.69 bits per heavy atom. The summed E-state index contributed by atoms with van der Waals surface area (Å²) in [6.45, 7) is 4.40. The number of rotatable bonds is 6. The summed E-state index contributed by atoms with van der Waals surface area (Å²) in [6.07, 6.45) is 0. The molecule has 1 aliphatic rings. The van der Waals surface area contributed by atoms with Crippen molar-refractivity contribution in [3.05, 3.63) is 81.9 Å². The third-order valence-electron chi connectivity index (χ3n) is 5.25. The Morgan fingerprint density at radius 1 is 1.12 bits per heavy atom. The van der Waals surface area contributed by atoms with Crippen LogP contribution >= 0.6 is 0 Å². The van der Waals surface area contributed by atoms with E-state index in [9.17, 15) is 10.5 Å². The average Bonchev–Trinajstić information content (AvgIpc) is 3.17. The summed E-state index contributed by atoms with van der Waals surface area (Å²) in [4.78, 5) is 0. The molecule has 1 aliphatic heterocycles. The van der Waals surface area contributed by atoms with E-state index in [1.165, 1.54) is 0 Å². The fraction of sp³-hybridized carbons (Fsp3) is 0.208. The zero-order chi connectivity index (χ0) is 22.7. The van der Waals surface area contributed by atoms with Gasteiger partial charge in [-0.15, -0.1) is 5.10 Å². The van der Waals surface area contributed by atoms with Gasteiger partial charge in [-0.25, -0.2) is 0 Å². The summed E-state index contributed by atoms with van der Waals surface area (Å²) in [5.41, 5.74) is 10.0. The van der Waals surface area contributed by atoms with Gasteiger partial charge >= 0.3 is 0 Å². The molecule has 32 heavy (non-hydrogen) atoms. The molecule has 0 aliphatic carbocycles. The lowest BCUT2D eigenvalue weighted by Crippen LogP contribution is -2.21. The topological polar surface area (TPSA) is 130 Å². The minimum Gasteiger partial charge on any atom is -0.490 e. The van der Waals surface area contributed by atoms with Crippen LogP contribution < -0.4 is 19.9 Å². The molecule has 1 aromatic heterocycles. The highest BCUT2D eigenvalue weighted by Gasteiger charge is 2.34. The quantitative estimate of drug-likeness (QED) is 0.612. The molecule has 0 unspecified atom stereocenters. The van der Waals surface area contributed by atoms with Crippen molar-refractivity contribution in [2.45, 2.75) is 26.4 Å². The molecule has 8 nitrogen and oxygen atoms in total. The summed E-state index contributed by atoms with van der Waals surface area (Å²) in [5, 5.41) is 26.1. The predicted octanol–water partition coefficient (Wildman–Crippen LogP) is 3.79. The Bertz CT molecular complexity index is 1280. The first-order valence-electron chi connectivity index (χ1n) is 10.1. The lowest BCUT2D eigenvalue weighted by molar-refractivity contribution is 0.269. The lowest BCUT2D eigenvalue weighted by Gasteiger charge is -2.24. The third kappa shape index (κ3) is 3.70. The number of ether oxygens (including phenoxy) is 3. The number of nitriles is 2. The highest BCUT2D eigenvalue weighted by molar-refractivity contribution is 5.57. The minimum absolute atomic E-state index is 0.0305. The summed E-state index contributed by atoms with van der Waals surface area (Å²) >= 11 is 0. The van der Waals surface area contributed by atoms with Crippen molar-refractivity contribution in [1.29, 1.82) is 10.5 Å². The summed E-state index contributed by atoms with van der Waals surface area (Å²) in [7, 11) is 0. The Hall–Kier alpha value is -4.43. The monoisotopic (exact) mass is 427 g/mol. The highest BCUT2D eigenvalue weighted by atomic mass is 16.5. The van der Waals surface area contributed by atoms with Crippen LogP contribution in [0, 0.1) is 29.6 Å². The van der Waals surface area contributed by atoms with Crippen molar-refractivity contribution in [1.82, 2.24) is 10.2 Å². The van der Waals surface area contributed by atoms with Crippen LogP contribution in [-0.2, 0) is 6.61 Å². The highest BCUT2D eigenvalue weighted by Crippen LogP contribution is 2.44. The van der Waals surface area contributed by atoms with Crippen LogP contribution in [0.2, 0.25) is 0 Å². The minimum atomic E-state index is -0.449. The van der Waals surface area contributed by atoms with Crippen LogP contribution in [0.15, 0.2) is 53.9 Å². The lowest BCUT2D eigenvalue weighted by atomic mass is 9.84. The fourth-order valence-electron chi connectivity index (χ4n) is 3.73. The smallest absolute Gasteiger partial charge is 0.244 e. The first-order chi connectivity index (χ1) is 15.6. The number of fused-ring (bicyclic) bond motifs is 1. The number of aryl methyl sites for hydroxylation is 1.